The molecule has 0 aliphatic heterocycles. The van der Waals surface area contributed by atoms with Gasteiger partial charge in [-0.2, -0.15) is 0 Å². The van der Waals surface area contributed by atoms with E-state index in [2.05, 4.69) is 0 Å². The summed E-state index contributed by atoms with van der Waals surface area (Å²) in [5.41, 5.74) is 3.33. The fourth-order valence-corrected chi connectivity index (χ4v) is 1.87. The molecule has 78 valence electrons. The maximum absolute atomic E-state index is 11.2. The molecule has 1 aliphatic carbocycles. The first-order valence-corrected chi connectivity index (χ1v) is 5.09. The van der Waals surface area contributed by atoms with Gasteiger partial charge in [0, 0.05) is 0 Å². The van der Waals surface area contributed by atoms with Gasteiger partial charge in [0.15, 0.2) is 5.78 Å². The molecule has 0 N–H and O–H groups in total. The van der Waals surface area contributed by atoms with Crippen molar-refractivity contribution in [3.05, 3.63) is 34.9 Å². The van der Waals surface area contributed by atoms with Gasteiger partial charge in [0.05, 0.1) is 7.11 Å². The first kappa shape index (κ1) is 9.97. The molecule has 0 radical (unpaired) electrons. The Morgan fingerprint density at radius 1 is 1.33 bits per heavy atom. The van der Waals surface area contributed by atoms with Crippen molar-refractivity contribution in [2.75, 3.05) is 7.11 Å². The van der Waals surface area contributed by atoms with Crippen LogP contribution in [-0.4, -0.2) is 12.9 Å². The summed E-state index contributed by atoms with van der Waals surface area (Å²) in [5.74, 6) is 1.06. The van der Waals surface area contributed by atoms with Crippen LogP contribution in [0.2, 0.25) is 0 Å². The number of rotatable bonds is 2. The van der Waals surface area contributed by atoms with E-state index in [0.29, 0.717) is 0 Å². The van der Waals surface area contributed by atoms with Gasteiger partial charge in [0.25, 0.3) is 0 Å². The van der Waals surface area contributed by atoms with Crippen LogP contribution in [0.5, 0.6) is 5.75 Å². The Hall–Kier alpha value is -1.57. The summed E-state index contributed by atoms with van der Waals surface area (Å²) in [6, 6.07) is 5.98. The van der Waals surface area contributed by atoms with E-state index in [0.717, 1.165) is 29.7 Å². The second-order valence-electron chi connectivity index (χ2n) is 3.79. The quantitative estimate of drug-likeness (QED) is 0.736. The fraction of sp³-hybridized carbons (Fsp3) is 0.308. The van der Waals surface area contributed by atoms with Gasteiger partial charge >= 0.3 is 0 Å². The van der Waals surface area contributed by atoms with Crippen LogP contribution in [0, 0.1) is 0 Å². The molecule has 2 nitrogen and oxygen atoms in total. The summed E-state index contributed by atoms with van der Waals surface area (Å²) in [6.45, 7) is 1.63. The number of allylic oxidation sites excluding steroid dienone is 1. The SMILES string of the molecule is COc1ccc2c(c1)CCC(C(C)=O)=C2. The van der Waals surface area contributed by atoms with Gasteiger partial charge in [0.1, 0.15) is 5.75 Å². The predicted octanol–water partition coefficient (Wildman–Crippen LogP) is 2.61. The summed E-state index contributed by atoms with van der Waals surface area (Å²) in [4.78, 5) is 11.2. The monoisotopic (exact) mass is 202 g/mol. The Morgan fingerprint density at radius 2 is 2.13 bits per heavy atom. The zero-order chi connectivity index (χ0) is 10.8. The largest absolute Gasteiger partial charge is 0.497 e. The van der Waals surface area contributed by atoms with Crippen molar-refractivity contribution >= 4 is 11.9 Å². The van der Waals surface area contributed by atoms with Crippen LogP contribution in [0.15, 0.2) is 23.8 Å². The molecule has 0 aromatic heterocycles. The van der Waals surface area contributed by atoms with Crippen LogP contribution in [0.25, 0.3) is 6.08 Å². The van der Waals surface area contributed by atoms with Gasteiger partial charge < -0.3 is 4.74 Å². The Morgan fingerprint density at radius 3 is 2.80 bits per heavy atom. The number of carbonyl (C=O) groups is 1. The lowest BCUT2D eigenvalue weighted by atomic mass is 9.90. The molecule has 2 heteroatoms. The highest BCUT2D eigenvalue weighted by molar-refractivity contribution is 5.98. The smallest absolute Gasteiger partial charge is 0.155 e. The van der Waals surface area contributed by atoms with E-state index in [4.69, 9.17) is 4.74 Å². The lowest BCUT2D eigenvalue weighted by molar-refractivity contribution is -0.113. The molecule has 0 fully saturated rings. The molecule has 1 aliphatic rings. The van der Waals surface area contributed by atoms with Gasteiger partial charge in [-0.05, 0) is 54.7 Å². The maximum Gasteiger partial charge on any atom is 0.155 e. The molecule has 0 saturated heterocycles. The average molecular weight is 202 g/mol. The number of methoxy groups -OCH3 is 1. The maximum atomic E-state index is 11.2. The number of hydrogen-bond donors (Lipinski definition) is 0. The molecule has 0 unspecified atom stereocenters. The number of ether oxygens (including phenoxy) is 1. The highest BCUT2D eigenvalue weighted by Crippen LogP contribution is 2.27. The molecule has 0 bridgehead atoms. The van der Waals surface area contributed by atoms with E-state index < -0.39 is 0 Å². The topological polar surface area (TPSA) is 26.3 Å². The Kier molecular flexibility index (Phi) is 2.58. The van der Waals surface area contributed by atoms with Crippen LogP contribution in [0.3, 0.4) is 0 Å². The van der Waals surface area contributed by atoms with Crippen molar-refractivity contribution in [1.82, 2.24) is 0 Å². The fourth-order valence-electron chi connectivity index (χ4n) is 1.87. The third-order valence-corrected chi connectivity index (χ3v) is 2.80. The molecule has 0 amide bonds. The molecule has 1 aromatic carbocycles. The first-order valence-electron chi connectivity index (χ1n) is 5.09. The summed E-state index contributed by atoms with van der Waals surface area (Å²) < 4.78 is 5.17. The molecule has 2 rings (SSSR count). The molecule has 15 heavy (non-hydrogen) atoms. The first-order chi connectivity index (χ1) is 7.20. The third kappa shape index (κ3) is 1.94. The molecule has 1 aromatic rings. The number of hydrogen-bond acceptors (Lipinski definition) is 2. The van der Waals surface area contributed by atoms with E-state index in [1.165, 1.54) is 5.56 Å². The lowest BCUT2D eigenvalue weighted by Gasteiger charge is -2.15. The van der Waals surface area contributed by atoms with Crippen molar-refractivity contribution in [3.8, 4) is 5.75 Å². The number of benzene rings is 1. The zero-order valence-corrected chi connectivity index (χ0v) is 9.04. The van der Waals surface area contributed by atoms with Crippen molar-refractivity contribution < 1.29 is 9.53 Å². The number of Topliss-reactive ketones (excluding diaryl/α,β-unsaturated/α-hetero) is 1. The predicted molar refractivity (Wildman–Crippen MR) is 60.0 cm³/mol. The van der Waals surface area contributed by atoms with Crippen molar-refractivity contribution in [1.29, 1.82) is 0 Å². The molecular formula is C13H14O2. The molecule has 0 atom stereocenters. The van der Waals surface area contributed by atoms with Crippen LogP contribution < -0.4 is 4.74 Å². The van der Waals surface area contributed by atoms with Crippen molar-refractivity contribution in [2.24, 2.45) is 0 Å². The van der Waals surface area contributed by atoms with Crippen LogP contribution >= 0.6 is 0 Å². The van der Waals surface area contributed by atoms with Crippen LogP contribution in [0.4, 0.5) is 0 Å². The van der Waals surface area contributed by atoms with Crippen molar-refractivity contribution in [3.63, 3.8) is 0 Å². The molecule has 0 saturated carbocycles. The van der Waals surface area contributed by atoms with Crippen LogP contribution in [-0.2, 0) is 11.2 Å². The van der Waals surface area contributed by atoms with Gasteiger partial charge in [-0.25, -0.2) is 0 Å². The Bertz CT molecular complexity index is 430. The molecule has 0 spiro atoms. The van der Waals surface area contributed by atoms with Crippen molar-refractivity contribution in [2.45, 2.75) is 19.8 Å². The van der Waals surface area contributed by atoms with E-state index in [1.807, 2.05) is 24.3 Å². The minimum Gasteiger partial charge on any atom is -0.497 e. The number of carbonyl (C=O) groups excluding carboxylic acids is 1. The normalized spacial score (nSPS) is 14.1. The number of ketones is 1. The second-order valence-corrected chi connectivity index (χ2v) is 3.79. The van der Waals surface area contributed by atoms with E-state index in [9.17, 15) is 4.79 Å². The summed E-state index contributed by atoms with van der Waals surface area (Å²) in [7, 11) is 1.67. The van der Waals surface area contributed by atoms with Gasteiger partial charge in [-0.3, -0.25) is 4.79 Å². The zero-order valence-electron chi connectivity index (χ0n) is 9.04. The highest BCUT2D eigenvalue weighted by atomic mass is 16.5. The van der Waals surface area contributed by atoms with Crippen LogP contribution in [0.1, 0.15) is 24.5 Å². The van der Waals surface area contributed by atoms with E-state index in [-0.39, 0.29) is 5.78 Å². The second kappa shape index (κ2) is 3.89. The Balaban J connectivity index is 2.40. The molecule has 0 heterocycles. The summed E-state index contributed by atoms with van der Waals surface area (Å²) in [5, 5.41) is 0. The van der Waals surface area contributed by atoms with E-state index in [1.54, 1.807) is 14.0 Å². The summed E-state index contributed by atoms with van der Waals surface area (Å²) >= 11 is 0. The Labute approximate surface area is 89.6 Å². The van der Waals surface area contributed by atoms with Gasteiger partial charge in [-0.15, -0.1) is 0 Å². The number of fused-ring (bicyclic) bond motifs is 1. The lowest BCUT2D eigenvalue weighted by Crippen LogP contribution is -2.05. The van der Waals surface area contributed by atoms with E-state index >= 15 is 0 Å². The third-order valence-electron chi connectivity index (χ3n) is 2.80. The standard InChI is InChI=1S/C13H14O2/c1-9(14)10-3-4-12-8-13(15-2)6-5-11(12)7-10/h5-8H,3-4H2,1-2H3. The van der Waals surface area contributed by atoms with Gasteiger partial charge in [0.2, 0.25) is 0 Å². The molecular weight excluding hydrogens is 188 g/mol. The van der Waals surface area contributed by atoms with Gasteiger partial charge in [-0.1, -0.05) is 6.07 Å². The number of aryl methyl sites for hydroxylation is 1. The average Bonchev–Trinajstić information content (AvgIpc) is 2.27. The minimum absolute atomic E-state index is 0.177. The highest BCUT2D eigenvalue weighted by Gasteiger charge is 2.13. The minimum atomic E-state index is 0.177. The summed E-state index contributed by atoms with van der Waals surface area (Å²) in [6.07, 6.45) is 3.76.